The van der Waals surface area contributed by atoms with E-state index in [4.69, 9.17) is 18.0 Å². The van der Waals surface area contributed by atoms with Crippen molar-refractivity contribution in [2.24, 2.45) is 5.73 Å². The molecule has 4 heteroatoms. The summed E-state index contributed by atoms with van der Waals surface area (Å²) in [5.41, 5.74) is 7.78. The van der Waals surface area contributed by atoms with E-state index in [1.807, 2.05) is 18.2 Å². The number of pyridine rings is 1. The van der Waals surface area contributed by atoms with Gasteiger partial charge in [0.25, 0.3) is 0 Å². The van der Waals surface area contributed by atoms with E-state index in [9.17, 15) is 0 Å². The Bertz CT molecular complexity index is 608. The molecule has 1 aromatic carbocycles. The van der Waals surface area contributed by atoms with E-state index in [1.165, 1.54) is 5.56 Å². The maximum absolute atomic E-state index is 5.75. The van der Waals surface area contributed by atoms with Crippen LogP contribution in [0.15, 0.2) is 48.7 Å². The lowest BCUT2D eigenvalue weighted by atomic mass is 9.95. The average Bonchev–Trinajstić information content (AvgIpc) is 2.46. The summed E-state index contributed by atoms with van der Waals surface area (Å²) in [6, 6.07) is 14.2. The Balaban J connectivity index is 2.05. The van der Waals surface area contributed by atoms with E-state index in [2.05, 4.69) is 48.4 Å². The van der Waals surface area contributed by atoms with Crippen molar-refractivity contribution in [1.29, 1.82) is 0 Å². The molecule has 3 N–H and O–H groups in total. The molecule has 0 unspecified atom stereocenters. The van der Waals surface area contributed by atoms with Crippen LogP contribution in [0.1, 0.15) is 31.4 Å². The first-order chi connectivity index (χ1) is 9.98. The summed E-state index contributed by atoms with van der Waals surface area (Å²) in [5.74, 6) is 0.753. The maximum atomic E-state index is 5.75. The van der Waals surface area contributed by atoms with E-state index < -0.39 is 0 Å². The normalized spacial score (nSPS) is 11.1. The SMILES string of the molecule is CC(C)(CCc1ccccc1)Nc1ncccc1C(N)=S. The number of hydrogen-bond donors (Lipinski definition) is 2. The predicted octanol–water partition coefficient (Wildman–Crippen LogP) is 3.54. The molecule has 0 aliphatic rings. The number of hydrogen-bond acceptors (Lipinski definition) is 3. The fourth-order valence-corrected chi connectivity index (χ4v) is 2.35. The molecule has 110 valence electrons. The quantitative estimate of drug-likeness (QED) is 0.801. The van der Waals surface area contributed by atoms with Gasteiger partial charge in [0, 0.05) is 11.7 Å². The van der Waals surface area contributed by atoms with Crippen LogP contribution in [0.4, 0.5) is 5.82 Å². The first kappa shape index (κ1) is 15.4. The highest BCUT2D eigenvalue weighted by molar-refractivity contribution is 7.80. The summed E-state index contributed by atoms with van der Waals surface area (Å²) in [5, 5.41) is 3.46. The van der Waals surface area contributed by atoms with Crippen molar-refractivity contribution >= 4 is 23.0 Å². The van der Waals surface area contributed by atoms with E-state index in [0.717, 1.165) is 24.2 Å². The molecular formula is C17H21N3S. The van der Waals surface area contributed by atoms with Crippen LogP contribution in [-0.2, 0) is 6.42 Å². The van der Waals surface area contributed by atoms with E-state index in [0.29, 0.717) is 4.99 Å². The highest BCUT2D eigenvalue weighted by atomic mass is 32.1. The summed E-state index contributed by atoms with van der Waals surface area (Å²) in [4.78, 5) is 4.73. The zero-order valence-electron chi connectivity index (χ0n) is 12.5. The van der Waals surface area contributed by atoms with E-state index in [1.54, 1.807) is 6.20 Å². The molecule has 0 saturated heterocycles. The highest BCUT2D eigenvalue weighted by Gasteiger charge is 2.19. The van der Waals surface area contributed by atoms with E-state index >= 15 is 0 Å². The van der Waals surface area contributed by atoms with Gasteiger partial charge in [0.2, 0.25) is 0 Å². The third-order valence-corrected chi connectivity index (χ3v) is 3.63. The minimum atomic E-state index is -0.0935. The van der Waals surface area contributed by atoms with Gasteiger partial charge in [-0.1, -0.05) is 42.5 Å². The van der Waals surface area contributed by atoms with Gasteiger partial charge in [-0.25, -0.2) is 4.98 Å². The number of rotatable bonds is 6. The third-order valence-electron chi connectivity index (χ3n) is 3.41. The number of nitrogens with zero attached hydrogens (tertiary/aromatic N) is 1. The lowest BCUT2D eigenvalue weighted by molar-refractivity contribution is 0.516. The Labute approximate surface area is 131 Å². The number of aryl methyl sites for hydroxylation is 1. The molecule has 0 aliphatic carbocycles. The number of anilines is 1. The zero-order valence-corrected chi connectivity index (χ0v) is 13.3. The second-order valence-electron chi connectivity index (χ2n) is 5.76. The van der Waals surface area contributed by atoms with Gasteiger partial charge in [0.15, 0.2) is 0 Å². The summed E-state index contributed by atoms with van der Waals surface area (Å²) >= 11 is 5.08. The van der Waals surface area contributed by atoms with Crippen LogP contribution < -0.4 is 11.1 Å². The average molecular weight is 299 g/mol. The predicted molar refractivity (Wildman–Crippen MR) is 92.6 cm³/mol. The molecule has 1 aromatic heterocycles. The van der Waals surface area contributed by atoms with Gasteiger partial charge in [-0.2, -0.15) is 0 Å². The topological polar surface area (TPSA) is 50.9 Å². The third kappa shape index (κ3) is 4.53. The molecule has 0 bridgehead atoms. The van der Waals surface area contributed by atoms with Crippen molar-refractivity contribution in [3.63, 3.8) is 0 Å². The van der Waals surface area contributed by atoms with Gasteiger partial charge in [0.05, 0.1) is 5.56 Å². The number of thiocarbonyl (C=S) groups is 1. The van der Waals surface area contributed by atoms with Gasteiger partial charge < -0.3 is 11.1 Å². The monoisotopic (exact) mass is 299 g/mol. The minimum absolute atomic E-state index is 0.0935. The molecule has 2 rings (SSSR count). The summed E-state index contributed by atoms with van der Waals surface area (Å²) in [7, 11) is 0. The second kappa shape index (κ2) is 6.68. The molecule has 0 radical (unpaired) electrons. The molecule has 0 amide bonds. The minimum Gasteiger partial charge on any atom is -0.389 e. The van der Waals surface area contributed by atoms with Crippen LogP contribution in [0.5, 0.6) is 0 Å². The highest BCUT2D eigenvalue weighted by Crippen LogP contribution is 2.21. The van der Waals surface area contributed by atoms with Gasteiger partial charge in [-0.05, 0) is 44.4 Å². The molecule has 21 heavy (non-hydrogen) atoms. The van der Waals surface area contributed by atoms with Crippen LogP contribution in [0.25, 0.3) is 0 Å². The largest absolute Gasteiger partial charge is 0.389 e. The van der Waals surface area contributed by atoms with Crippen LogP contribution in [0.2, 0.25) is 0 Å². The van der Waals surface area contributed by atoms with Crippen molar-refractivity contribution in [3.8, 4) is 0 Å². The second-order valence-corrected chi connectivity index (χ2v) is 6.20. The summed E-state index contributed by atoms with van der Waals surface area (Å²) in [6.07, 6.45) is 3.75. The van der Waals surface area contributed by atoms with Gasteiger partial charge in [-0.3, -0.25) is 0 Å². The first-order valence-electron chi connectivity index (χ1n) is 7.05. The molecule has 0 spiro atoms. The maximum Gasteiger partial charge on any atom is 0.136 e. The van der Waals surface area contributed by atoms with Crippen LogP contribution in [0.3, 0.4) is 0 Å². The van der Waals surface area contributed by atoms with Gasteiger partial charge >= 0.3 is 0 Å². The molecule has 0 fully saturated rings. The molecule has 0 saturated carbocycles. The number of benzene rings is 1. The van der Waals surface area contributed by atoms with Crippen LogP contribution >= 0.6 is 12.2 Å². The fraction of sp³-hybridized carbons (Fsp3) is 0.294. The number of nitrogens with one attached hydrogen (secondary N) is 1. The van der Waals surface area contributed by atoms with Crippen LogP contribution in [-0.4, -0.2) is 15.5 Å². The standard InChI is InChI=1S/C17H21N3S/c1-17(2,11-10-13-7-4-3-5-8-13)20-16-14(15(18)21)9-6-12-19-16/h3-9,12H,10-11H2,1-2H3,(H2,18,21)(H,19,20). The smallest absolute Gasteiger partial charge is 0.136 e. The number of nitrogens with two attached hydrogens (primary N) is 1. The zero-order chi connectivity index (χ0) is 15.3. The van der Waals surface area contributed by atoms with Crippen molar-refractivity contribution in [2.75, 3.05) is 5.32 Å². The molecule has 3 nitrogen and oxygen atoms in total. The number of aromatic nitrogens is 1. The molecule has 2 aromatic rings. The fourth-order valence-electron chi connectivity index (χ4n) is 2.19. The Morgan fingerprint density at radius 3 is 2.57 bits per heavy atom. The van der Waals surface area contributed by atoms with Crippen molar-refractivity contribution < 1.29 is 0 Å². The summed E-state index contributed by atoms with van der Waals surface area (Å²) < 4.78 is 0. The van der Waals surface area contributed by atoms with E-state index in [-0.39, 0.29) is 5.54 Å². The van der Waals surface area contributed by atoms with Crippen LogP contribution in [0, 0.1) is 0 Å². The molecule has 1 heterocycles. The Morgan fingerprint density at radius 1 is 1.19 bits per heavy atom. The van der Waals surface area contributed by atoms with Crippen molar-refractivity contribution in [1.82, 2.24) is 4.98 Å². The van der Waals surface area contributed by atoms with Gasteiger partial charge in [0.1, 0.15) is 10.8 Å². The van der Waals surface area contributed by atoms with Crippen molar-refractivity contribution in [2.45, 2.75) is 32.2 Å². The molecule has 0 aliphatic heterocycles. The molecular weight excluding hydrogens is 278 g/mol. The first-order valence-corrected chi connectivity index (χ1v) is 7.46. The Hall–Kier alpha value is -1.94. The van der Waals surface area contributed by atoms with Gasteiger partial charge in [-0.15, -0.1) is 0 Å². The Kier molecular flexibility index (Phi) is 4.91. The lowest BCUT2D eigenvalue weighted by Gasteiger charge is -2.28. The lowest BCUT2D eigenvalue weighted by Crippen LogP contribution is -2.33. The van der Waals surface area contributed by atoms with Crippen molar-refractivity contribution in [3.05, 3.63) is 59.8 Å². The Morgan fingerprint density at radius 2 is 1.90 bits per heavy atom. The molecule has 0 atom stereocenters. The summed E-state index contributed by atoms with van der Waals surface area (Å²) in [6.45, 7) is 4.32.